The average molecular weight is 588 g/mol. The van der Waals surface area contributed by atoms with E-state index in [0.29, 0.717) is 5.69 Å². The number of fused-ring (bicyclic) bond motifs is 1. The number of hydrogen-bond acceptors (Lipinski definition) is 9. The third-order valence-corrected chi connectivity index (χ3v) is 6.99. The molecule has 0 saturated carbocycles. The van der Waals surface area contributed by atoms with Crippen LogP contribution >= 0.6 is 0 Å². The van der Waals surface area contributed by atoms with Gasteiger partial charge in [-0.15, -0.1) is 0 Å². The second-order valence-corrected chi connectivity index (χ2v) is 10.1. The van der Waals surface area contributed by atoms with Crippen LogP contribution in [-0.2, 0) is 0 Å². The van der Waals surface area contributed by atoms with Crippen molar-refractivity contribution in [1.29, 1.82) is 0 Å². The van der Waals surface area contributed by atoms with Gasteiger partial charge in [-0.25, -0.2) is 32.5 Å². The zero-order valence-electron chi connectivity index (χ0n) is 23.4. The van der Waals surface area contributed by atoms with Gasteiger partial charge in [-0.1, -0.05) is 0 Å². The van der Waals surface area contributed by atoms with Crippen molar-refractivity contribution >= 4 is 28.2 Å². The van der Waals surface area contributed by atoms with E-state index in [9.17, 15) is 17.6 Å². The third-order valence-electron chi connectivity index (χ3n) is 6.99. The lowest BCUT2D eigenvalue weighted by molar-refractivity contribution is 0.147. The summed E-state index contributed by atoms with van der Waals surface area (Å²) in [6, 6.07) is 5.66. The molecule has 14 heteroatoms. The summed E-state index contributed by atoms with van der Waals surface area (Å²) in [6.45, 7) is 9.78. The Hall–Kier alpha value is -4.01. The molecule has 4 aromatic rings. The summed E-state index contributed by atoms with van der Waals surface area (Å²) in [5.41, 5.74) is 0.699. The Kier molecular flexibility index (Phi) is 9.35. The first-order chi connectivity index (χ1) is 20.3. The highest BCUT2D eigenvalue weighted by molar-refractivity contribution is 5.83. The molecule has 0 aliphatic carbocycles. The molecule has 3 aromatic heterocycles. The molecule has 0 radical (unpaired) electrons. The molecule has 0 atom stereocenters. The van der Waals surface area contributed by atoms with E-state index in [-0.39, 0.29) is 22.5 Å². The first-order valence-electron chi connectivity index (χ1n) is 13.7. The van der Waals surface area contributed by atoms with Gasteiger partial charge in [0.05, 0.1) is 17.4 Å². The molecule has 4 N–H and O–H groups in total. The van der Waals surface area contributed by atoms with Crippen LogP contribution in [-0.4, -0.2) is 84.2 Å². The summed E-state index contributed by atoms with van der Waals surface area (Å²) in [7, 11) is 2.15. The minimum Gasteiger partial charge on any atom is -0.435 e. The van der Waals surface area contributed by atoms with E-state index in [2.05, 4.69) is 52.7 Å². The number of H-pyrrole nitrogens is 1. The largest absolute Gasteiger partial charge is 0.435 e. The molecule has 0 bridgehead atoms. The normalized spacial score (nSPS) is 15.9. The molecule has 224 valence electrons. The van der Waals surface area contributed by atoms with Gasteiger partial charge in [0.15, 0.2) is 17.4 Å². The number of anilines is 3. The van der Waals surface area contributed by atoms with E-state index < -0.39 is 35.3 Å². The Morgan fingerprint density at radius 3 is 2.29 bits per heavy atom. The number of aromatic amines is 1. The Bertz CT molecular complexity index is 1490. The maximum atomic E-state index is 14.9. The number of aryl methyl sites for hydroxylation is 1. The van der Waals surface area contributed by atoms with E-state index in [0.717, 1.165) is 57.3 Å². The van der Waals surface area contributed by atoms with Gasteiger partial charge in [-0.3, -0.25) is 0 Å². The number of halogens is 4. The fourth-order valence-electron chi connectivity index (χ4n) is 4.74. The molecule has 1 aromatic carbocycles. The Morgan fingerprint density at radius 1 is 0.952 bits per heavy atom. The maximum Gasteiger partial charge on any atom is 0.272 e. The topological polar surface area (TPSA) is 106 Å². The van der Waals surface area contributed by atoms with E-state index in [1.807, 2.05) is 6.07 Å². The van der Waals surface area contributed by atoms with Crippen molar-refractivity contribution < 1.29 is 22.3 Å². The molecule has 6 rings (SSSR count). The number of nitrogens with zero attached hydrogens (tertiary/aromatic N) is 5. The molecule has 0 amide bonds. The molecular weight excluding hydrogens is 554 g/mol. The lowest BCUT2D eigenvalue weighted by Crippen LogP contribution is -2.43. The summed E-state index contributed by atoms with van der Waals surface area (Å²) in [5, 5.41) is 9.23. The number of ether oxygens (including phenoxy) is 1. The number of hydrogen-bond donors (Lipinski definition) is 4. The van der Waals surface area contributed by atoms with Crippen LogP contribution < -0.4 is 25.6 Å². The van der Waals surface area contributed by atoms with Crippen LogP contribution in [0.5, 0.6) is 11.6 Å². The summed E-state index contributed by atoms with van der Waals surface area (Å²) >= 11 is 0. The molecule has 2 aliphatic rings. The van der Waals surface area contributed by atoms with Crippen molar-refractivity contribution in [2.45, 2.75) is 13.3 Å². The van der Waals surface area contributed by atoms with Gasteiger partial charge in [0, 0.05) is 69.5 Å². The highest BCUT2D eigenvalue weighted by Gasteiger charge is 2.25. The second-order valence-electron chi connectivity index (χ2n) is 10.1. The maximum absolute atomic E-state index is 14.9. The highest BCUT2D eigenvalue weighted by Crippen LogP contribution is 2.38. The molecule has 0 spiro atoms. The van der Waals surface area contributed by atoms with Crippen molar-refractivity contribution in [3.05, 3.63) is 59.7 Å². The van der Waals surface area contributed by atoms with Crippen LogP contribution in [0.1, 0.15) is 17.7 Å². The molecule has 2 aliphatic heterocycles. The number of likely N-dealkylation sites (N-methyl/N-ethyl adjacent to an activating group) is 1. The van der Waals surface area contributed by atoms with Gasteiger partial charge >= 0.3 is 0 Å². The Balaban J connectivity index is 0.000000442. The van der Waals surface area contributed by atoms with Crippen molar-refractivity contribution in [2.24, 2.45) is 0 Å². The zero-order chi connectivity index (χ0) is 29.6. The Morgan fingerprint density at radius 2 is 1.67 bits per heavy atom. The van der Waals surface area contributed by atoms with E-state index in [1.165, 1.54) is 19.2 Å². The third kappa shape index (κ3) is 6.89. The predicted molar refractivity (Wildman–Crippen MR) is 153 cm³/mol. The number of alkyl halides is 2. The van der Waals surface area contributed by atoms with Crippen molar-refractivity contribution in [2.75, 3.05) is 69.6 Å². The van der Waals surface area contributed by atoms with Gasteiger partial charge in [-0.2, -0.15) is 0 Å². The van der Waals surface area contributed by atoms with Gasteiger partial charge in [0.25, 0.3) is 6.43 Å². The summed E-state index contributed by atoms with van der Waals surface area (Å²) in [4.78, 5) is 19.1. The van der Waals surface area contributed by atoms with Crippen molar-refractivity contribution in [1.82, 2.24) is 35.5 Å². The monoisotopic (exact) mass is 587 g/mol. The molecule has 42 heavy (non-hydrogen) atoms. The van der Waals surface area contributed by atoms with Crippen LogP contribution in [0.2, 0.25) is 0 Å². The first kappa shape index (κ1) is 29.5. The number of pyridine rings is 1. The molecule has 2 fully saturated rings. The molecule has 10 nitrogen and oxygen atoms in total. The summed E-state index contributed by atoms with van der Waals surface area (Å²) < 4.78 is 62.8. The van der Waals surface area contributed by atoms with Gasteiger partial charge in [0.1, 0.15) is 23.5 Å². The van der Waals surface area contributed by atoms with E-state index in [1.54, 1.807) is 19.2 Å². The summed E-state index contributed by atoms with van der Waals surface area (Å²) in [6.07, 6.45) is -0.438. The molecular formula is C28H33F4N9O. The Labute approximate surface area is 240 Å². The lowest BCUT2D eigenvalue weighted by atomic mass is 10.2. The number of piperazine rings is 2. The van der Waals surface area contributed by atoms with Gasteiger partial charge in [0.2, 0.25) is 5.88 Å². The number of rotatable bonds is 6. The average Bonchev–Trinajstić information content (AvgIpc) is 3.40. The van der Waals surface area contributed by atoms with Gasteiger partial charge < -0.3 is 35.5 Å². The number of aromatic nitrogens is 4. The summed E-state index contributed by atoms with van der Waals surface area (Å²) in [5.74, 6) is -2.84. The van der Waals surface area contributed by atoms with Gasteiger partial charge in [-0.05, 0) is 32.2 Å². The van der Waals surface area contributed by atoms with Crippen LogP contribution in [0, 0.1) is 18.6 Å². The van der Waals surface area contributed by atoms with E-state index >= 15 is 0 Å². The van der Waals surface area contributed by atoms with E-state index in [4.69, 9.17) is 4.74 Å². The molecule has 2 saturated heterocycles. The quantitative estimate of drug-likeness (QED) is 0.245. The van der Waals surface area contributed by atoms with Crippen LogP contribution in [0.4, 0.5) is 34.9 Å². The van der Waals surface area contributed by atoms with Crippen LogP contribution in [0.25, 0.3) is 10.9 Å². The minimum atomic E-state index is -3.07. The molecule has 0 unspecified atom stereocenters. The standard InChI is InChI=1S/C23H21F4N7O.C5H12N2/c1-12-8-14-19(25)16(9-15(24)20(14)32-12)35-23-18(21(26)27)22(30-11-31-23)33-17-3-2-13(10-29-17)34-6-4-28-5-7-34;1-7-4-2-6-3-5-7/h2-3,8-11,21,28,32H,4-7H2,1H3,(H,29,30,31,33);6H,2-5H2,1H3. The predicted octanol–water partition coefficient (Wildman–Crippen LogP) is 4.34. The number of nitrogens with one attached hydrogen (secondary N) is 4. The molecule has 5 heterocycles. The number of benzene rings is 1. The van der Waals surface area contributed by atoms with Crippen LogP contribution in [0.3, 0.4) is 0 Å². The smallest absolute Gasteiger partial charge is 0.272 e. The van der Waals surface area contributed by atoms with Crippen LogP contribution in [0.15, 0.2) is 36.8 Å². The second kappa shape index (κ2) is 13.3. The first-order valence-corrected chi connectivity index (χ1v) is 13.7. The minimum absolute atomic E-state index is 0.0400. The van der Waals surface area contributed by atoms with Crippen molar-refractivity contribution in [3.8, 4) is 11.6 Å². The lowest BCUT2D eigenvalue weighted by Gasteiger charge is -2.29. The SMILES string of the molecule is CN1CCNCC1.Cc1cc2c(F)c(Oc3ncnc(Nc4ccc(N5CCNCC5)cn4)c3C(F)F)cc(F)c2[nH]1. The fraction of sp³-hybridized carbons (Fsp3) is 0.393. The van der Waals surface area contributed by atoms with Crippen molar-refractivity contribution in [3.63, 3.8) is 0 Å². The highest BCUT2D eigenvalue weighted by atomic mass is 19.3. The zero-order valence-corrected chi connectivity index (χ0v) is 23.4. The fourth-order valence-corrected chi connectivity index (χ4v) is 4.74.